The first-order valence-electron chi connectivity index (χ1n) is 9.26. The molecule has 0 aromatic heterocycles. The van der Waals surface area contributed by atoms with Crippen molar-refractivity contribution in [2.45, 2.75) is 96.8 Å². The second-order valence-electron chi connectivity index (χ2n) is 6.26. The maximum absolute atomic E-state index is 10.7. The van der Waals surface area contributed by atoms with Crippen LogP contribution in [0.3, 0.4) is 0 Å². The molecule has 23 heavy (non-hydrogen) atoms. The lowest BCUT2D eigenvalue weighted by atomic mass is 10.0. The Hall–Kier alpha value is -1.32. The van der Waals surface area contributed by atoms with Crippen LogP contribution in [0.25, 0.3) is 0 Å². The zero-order valence-corrected chi connectivity index (χ0v) is 14.7. The molecule has 4 heteroatoms. The van der Waals surface area contributed by atoms with Gasteiger partial charge in [-0.15, -0.1) is 0 Å². The second kappa shape index (κ2) is 15.6. The smallest absolute Gasteiger partial charge is 0.342 e. The predicted octanol–water partition coefficient (Wildman–Crippen LogP) is 5.56. The van der Waals surface area contributed by atoms with Crippen LogP contribution in [0.2, 0.25) is 0 Å². The summed E-state index contributed by atoms with van der Waals surface area (Å²) in [4.78, 5) is 21.3. The first-order valence-corrected chi connectivity index (χ1v) is 9.26. The first kappa shape index (κ1) is 21.7. The average Bonchev–Trinajstić information content (AvgIpc) is 2.50. The molecule has 0 heterocycles. The molecule has 0 spiro atoms. The topological polar surface area (TPSA) is 74.6 Å². The van der Waals surface area contributed by atoms with Gasteiger partial charge in [0.15, 0.2) is 0 Å². The summed E-state index contributed by atoms with van der Waals surface area (Å²) in [5, 5.41) is 17.4. The molecule has 0 saturated carbocycles. The van der Waals surface area contributed by atoms with Crippen LogP contribution < -0.4 is 0 Å². The highest BCUT2D eigenvalue weighted by molar-refractivity contribution is 6.12. The quantitative estimate of drug-likeness (QED) is 0.168. The number of carboxylic acids is 2. The molecular weight excluding hydrogens is 292 g/mol. The van der Waals surface area contributed by atoms with Crippen molar-refractivity contribution in [3.8, 4) is 0 Å². The first-order chi connectivity index (χ1) is 11.1. The molecule has 0 aliphatic heterocycles. The summed E-state index contributed by atoms with van der Waals surface area (Å²) in [5.41, 5.74) is -0.510. The molecule has 0 saturated heterocycles. The third-order valence-corrected chi connectivity index (χ3v) is 4.12. The maximum atomic E-state index is 10.7. The Morgan fingerprint density at radius 1 is 0.652 bits per heavy atom. The molecule has 0 amide bonds. The van der Waals surface area contributed by atoms with Crippen molar-refractivity contribution >= 4 is 11.9 Å². The van der Waals surface area contributed by atoms with E-state index >= 15 is 0 Å². The Labute approximate surface area is 141 Å². The maximum Gasteiger partial charge on any atom is 0.342 e. The van der Waals surface area contributed by atoms with Crippen LogP contribution in [-0.4, -0.2) is 22.2 Å². The third kappa shape index (κ3) is 14.0. The fraction of sp³-hybridized carbons (Fsp3) is 0.789. The van der Waals surface area contributed by atoms with Gasteiger partial charge >= 0.3 is 11.9 Å². The van der Waals surface area contributed by atoms with E-state index in [1.165, 1.54) is 70.3 Å². The number of hydrogen-bond acceptors (Lipinski definition) is 2. The number of unbranched alkanes of at least 4 members (excludes halogenated alkanes) is 13. The molecule has 0 aliphatic rings. The van der Waals surface area contributed by atoms with Crippen LogP contribution in [0, 0.1) is 0 Å². The molecular formula is C19H34O4. The number of carboxylic acid groups (broad SMARTS) is 2. The minimum Gasteiger partial charge on any atom is -0.477 e. The summed E-state index contributed by atoms with van der Waals surface area (Å²) < 4.78 is 0. The van der Waals surface area contributed by atoms with Crippen LogP contribution in [0.5, 0.6) is 0 Å². The van der Waals surface area contributed by atoms with E-state index in [1.807, 2.05) is 0 Å². The van der Waals surface area contributed by atoms with Gasteiger partial charge in [-0.25, -0.2) is 9.59 Å². The van der Waals surface area contributed by atoms with Crippen molar-refractivity contribution < 1.29 is 19.8 Å². The Morgan fingerprint density at radius 2 is 1.00 bits per heavy atom. The van der Waals surface area contributed by atoms with E-state index < -0.39 is 17.5 Å². The summed E-state index contributed by atoms with van der Waals surface area (Å²) in [6.07, 6.45) is 18.3. The molecule has 0 aliphatic carbocycles. The van der Waals surface area contributed by atoms with Gasteiger partial charge in [-0.2, -0.15) is 0 Å². The lowest BCUT2D eigenvalue weighted by molar-refractivity contribution is -0.140. The highest BCUT2D eigenvalue weighted by Crippen LogP contribution is 2.13. The van der Waals surface area contributed by atoms with Gasteiger partial charge in [-0.3, -0.25) is 0 Å². The minimum absolute atomic E-state index is 0.510. The third-order valence-electron chi connectivity index (χ3n) is 4.12. The summed E-state index contributed by atoms with van der Waals surface area (Å²) in [7, 11) is 0. The molecule has 4 nitrogen and oxygen atoms in total. The van der Waals surface area contributed by atoms with Crippen molar-refractivity contribution in [1.82, 2.24) is 0 Å². The van der Waals surface area contributed by atoms with Crippen LogP contribution in [-0.2, 0) is 9.59 Å². The van der Waals surface area contributed by atoms with E-state index in [0.717, 1.165) is 19.3 Å². The zero-order valence-electron chi connectivity index (χ0n) is 14.7. The normalized spacial score (nSPS) is 10.5. The molecule has 0 radical (unpaired) electrons. The summed E-state index contributed by atoms with van der Waals surface area (Å²) in [6, 6.07) is 0. The fourth-order valence-electron chi connectivity index (χ4n) is 2.67. The summed E-state index contributed by atoms with van der Waals surface area (Å²) >= 11 is 0. The van der Waals surface area contributed by atoms with Gasteiger partial charge in [0.1, 0.15) is 5.57 Å². The molecule has 2 N–H and O–H groups in total. The van der Waals surface area contributed by atoms with E-state index in [4.69, 9.17) is 10.2 Å². The second-order valence-corrected chi connectivity index (χ2v) is 6.26. The Balaban J connectivity index is 3.35. The number of carbonyl (C=O) groups is 2. The number of hydrogen-bond donors (Lipinski definition) is 2. The summed E-state index contributed by atoms with van der Waals surface area (Å²) in [6.45, 7) is 2.24. The molecule has 0 rings (SSSR count). The van der Waals surface area contributed by atoms with Gasteiger partial charge in [0.05, 0.1) is 0 Å². The number of aliphatic carboxylic acids is 2. The van der Waals surface area contributed by atoms with E-state index in [-0.39, 0.29) is 0 Å². The summed E-state index contributed by atoms with van der Waals surface area (Å²) in [5.74, 6) is -2.71. The largest absolute Gasteiger partial charge is 0.477 e. The Bertz CT molecular complexity index is 331. The van der Waals surface area contributed by atoms with Crippen LogP contribution in [0.15, 0.2) is 11.6 Å². The standard InChI is InChI=1S/C19H34O4/c1-2-3-4-5-6-7-8-9-10-11-12-13-14-15-16-17(18(20)21)19(22)23/h16H,2-15H2,1H3,(H,20,21)(H,22,23). The van der Waals surface area contributed by atoms with E-state index in [0.29, 0.717) is 6.42 Å². The van der Waals surface area contributed by atoms with E-state index in [1.54, 1.807) is 0 Å². The van der Waals surface area contributed by atoms with Crippen molar-refractivity contribution in [3.63, 3.8) is 0 Å². The van der Waals surface area contributed by atoms with Gasteiger partial charge in [0.2, 0.25) is 0 Å². The van der Waals surface area contributed by atoms with E-state index in [2.05, 4.69) is 6.92 Å². The molecule has 0 atom stereocenters. The predicted molar refractivity (Wildman–Crippen MR) is 93.7 cm³/mol. The SMILES string of the molecule is CCCCCCCCCCCCCCCC=C(C(=O)O)C(=O)O. The lowest BCUT2D eigenvalue weighted by Gasteiger charge is -2.02. The van der Waals surface area contributed by atoms with Crippen LogP contribution in [0.4, 0.5) is 0 Å². The van der Waals surface area contributed by atoms with Crippen LogP contribution in [0.1, 0.15) is 96.8 Å². The Kier molecular flexibility index (Phi) is 14.7. The van der Waals surface area contributed by atoms with Gasteiger partial charge in [-0.05, 0) is 12.8 Å². The van der Waals surface area contributed by atoms with Crippen molar-refractivity contribution in [3.05, 3.63) is 11.6 Å². The van der Waals surface area contributed by atoms with Gasteiger partial charge in [0.25, 0.3) is 0 Å². The van der Waals surface area contributed by atoms with Crippen molar-refractivity contribution in [2.75, 3.05) is 0 Å². The number of rotatable bonds is 16. The highest BCUT2D eigenvalue weighted by Gasteiger charge is 2.14. The average molecular weight is 326 g/mol. The fourth-order valence-corrected chi connectivity index (χ4v) is 2.67. The Morgan fingerprint density at radius 3 is 1.35 bits per heavy atom. The molecule has 0 aromatic carbocycles. The van der Waals surface area contributed by atoms with Gasteiger partial charge in [0, 0.05) is 0 Å². The monoisotopic (exact) mass is 326 g/mol. The van der Waals surface area contributed by atoms with Crippen LogP contribution >= 0.6 is 0 Å². The van der Waals surface area contributed by atoms with Gasteiger partial charge < -0.3 is 10.2 Å². The van der Waals surface area contributed by atoms with Crippen molar-refractivity contribution in [1.29, 1.82) is 0 Å². The highest BCUT2D eigenvalue weighted by atomic mass is 16.4. The van der Waals surface area contributed by atoms with E-state index in [9.17, 15) is 9.59 Å². The molecule has 0 unspecified atom stereocenters. The van der Waals surface area contributed by atoms with Gasteiger partial charge in [-0.1, -0.05) is 90.0 Å². The zero-order chi connectivity index (χ0) is 17.3. The molecule has 0 bridgehead atoms. The minimum atomic E-state index is -1.35. The van der Waals surface area contributed by atoms with Crippen molar-refractivity contribution in [2.24, 2.45) is 0 Å². The molecule has 0 aromatic rings. The number of allylic oxidation sites excluding steroid dienone is 1. The molecule has 134 valence electrons. The molecule has 0 fully saturated rings. The lowest BCUT2D eigenvalue weighted by Crippen LogP contribution is -2.10.